The molecular formula is C16H15Cl2NO3S2. The third-order valence-corrected chi connectivity index (χ3v) is 7.74. The maximum Gasteiger partial charge on any atom is 0.244 e. The van der Waals surface area contributed by atoms with Gasteiger partial charge in [-0.15, -0.1) is 11.8 Å². The van der Waals surface area contributed by atoms with Gasteiger partial charge in [-0.2, -0.15) is 4.31 Å². The van der Waals surface area contributed by atoms with E-state index in [0.717, 1.165) is 17.1 Å². The Bertz CT molecular complexity index is 841. The molecule has 4 nitrogen and oxygen atoms in total. The molecule has 0 N–H and O–H groups in total. The van der Waals surface area contributed by atoms with Crippen molar-refractivity contribution in [2.45, 2.75) is 10.3 Å². The van der Waals surface area contributed by atoms with Crippen molar-refractivity contribution in [2.75, 3.05) is 19.4 Å². The van der Waals surface area contributed by atoms with Crippen LogP contribution in [0.15, 0.2) is 47.4 Å². The van der Waals surface area contributed by atoms with Gasteiger partial charge in [-0.3, -0.25) is 0 Å². The van der Waals surface area contributed by atoms with E-state index in [1.807, 2.05) is 24.3 Å². The molecule has 0 spiro atoms. The molecule has 0 bridgehead atoms. The van der Waals surface area contributed by atoms with Gasteiger partial charge in [-0.25, -0.2) is 8.42 Å². The summed E-state index contributed by atoms with van der Waals surface area (Å²) in [6.07, 6.45) is 0. The van der Waals surface area contributed by atoms with E-state index in [9.17, 15) is 8.42 Å². The fourth-order valence-electron chi connectivity index (χ4n) is 2.50. The van der Waals surface area contributed by atoms with Gasteiger partial charge in [0.05, 0.1) is 27.4 Å². The van der Waals surface area contributed by atoms with Crippen LogP contribution in [0.2, 0.25) is 10.0 Å². The highest BCUT2D eigenvalue weighted by molar-refractivity contribution is 8.01. The first-order chi connectivity index (χ1) is 11.4. The van der Waals surface area contributed by atoms with E-state index in [2.05, 4.69) is 0 Å². The second kappa shape index (κ2) is 7.14. The number of hydrogen-bond acceptors (Lipinski definition) is 4. The summed E-state index contributed by atoms with van der Waals surface area (Å²) in [5, 5.41) is 0.291. The molecular weight excluding hydrogens is 389 g/mol. The lowest BCUT2D eigenvalue weighted by molar-refractivity contribution is 0.413. The summed E-state index contributed by atoms with van der Waals surface area (Å²) in [5.41, 5.74) is 0.918. The normalized spacial score (nSPS) is 18.7. The number of hydrogen-bond donors (Lipinski definition) is 0. The molecule has 0 aromatic heterocycles. The molecule has 2 aromatic carbocycles. The van der Waals surface area contributed by atoms with Crippen LogP contribution in [0.5, 0.6) is 5.75 Å². The van der Waals surface area contributed by atoms with Crippen LogP contribution in [0, 0.1) is 0 Å². The lowest BCUT2D eigenvalue weighted by atomic mass is 10.2. The Morgan fingerprint density at radius 3 is 2.46 bits per heavy atom. The van der Waals surface area contributed by atoms with Crippen LogP contribution in [0.3, 0.4) is 0 Å². The third kappa shape index (κ3) is 3.39. The van der Waals surface area contributed by atoms with Crippen molar-refractivity contribution in [3.8, 4) is 5.75 Å². The topological polar surface area (TPSA) is 46.6 Å². The molecule has 0 amide bonds. The van der Waals surface area contributed by atoms with Crippen LogP contribution in [-0.2, 0) is 10.0 Å². The van der Waals surface area contributed by atoms with Crippen molar-refractivity contribution >= 4 is 45.0 Å². The average Bonchev–Trinajstić information content (AvgIpc) is 3.08. The Morgan fingerprint density at radius 1 is 1.12 bits per heavy atom. The van der Waals surface area contributed by atoms with Crippen molar-refractivity contribution in [2.24, 2.45) is 0 Å². The molecule has 8 heteroatoms. The second-order valence-electron chi connectivity index (χ2n) is 5.19. The monoisotopic (exact) mass is 403 g/mol. The van der Waals surface area contributed by atoms with Gasteiger partial charge in [0.2, 0.25) is 10.0 Å². The van der Waals surface area contributed by atoms with Crippen LogP contribution in [0.1, 0.15) is 10.9 Å². The summed E-state index contributed by atoms with van der Waals surface area (Å²) in [7, 11) is -2.06. The Morgan fingerprint density at radius 2 is 1.83 bits per heavy atom. The summed E-state index contributed by atoms with van der Waals surface area (Å²) in [6, 6.07) is 11.8. The van der Waals surface area contributed by atoms with E-state index in [0.29, 0.717) is 11.6 Å². The lowest BCUT2D eigenvalue weighted by Crippen LogP contribution is -2.30. The minimum Gasteiger partial charge on any atom is -0.497 e. The number of thioether (sulfide) groups is 1. The number of benzene rings is 2. The van der Waals surface area contributed by atoms with E-state index in [1.165, 1.54) is 22.5 Å². The molecule has 128 valence electrons. The maximum atomic E-state index is 13.0. The Balaban J connectivity index is 1.94. The predicted molar refractivity (Wildman–Crippen MR) is 98.5 cm³/mol. The summed E-state index contributed by atoms with van der Waals surface area (Å²) >= 11 is 13.5. The fourth-order valence-corrected chi connectivity index (χ4v) is 6.14. The van der Waals surface area contributed by atoms with Crippen LogP contribution in [0.4, 0.5) is 0 Å². The molecule has 1 heterocycles. The van der Waals surface area contributed by atoms with Crippen molar-refractivity contribution in [1.82, 2.24) is 4.31 Å². The minimum absolute atomic E-state index is 0.151. The van der Waals surface area contributed by atoms with Gasteiger partial charge in [0.15, 0.2) is 0 Å². The molecule has 1 fully saturated rings. The van der Waals surface area contributed by atoms with Gasteiger partial charge in [0.25, 0.3) is 0 Å². The number of ether oxygens (including phenoxy) is 1. The van der Waals surface area contributed by atoms with E-state index in [1.54, 1.807) is 18.9 Å². The first-order valence-electron chi connectivity index (χ1n) is 7.16. The van der Waals surface area contributed by atoms with Gasteiger partial charge < -0.3 is 4.74 Å². The van der Waals surface area contributed by atoms with Gasteiger partial charge >= 0.3 is 0 Å². The molecule has 1 saturated heterocycles. The molecule has 1 aliphatic heterocycles. The largest absolute Gasteiger partial charge is 0.497 e. The van der Waals surface area contributed by atoms with E-state index in [4.69, 9.17) is 27.9 Å². The maximum absolute atomic E-state index is 13.0. The summed E-state index contributed by atoms with van der Waals surface area (Å²) in [5.74, 6) is 1.47. The van der Waals surface area contributed by atoms with Crippen LogP contribution < -0.4 is 4.74 Å². The quantitative estimate of drug-likeness (QED) is 0.756. The third-order valence-electron chi connectivity index (χ3n) is 3.75. The molecule has 2 aromatic rings. The fraction of sp³-hybridized carbons (Fsp3) is 0.250. The van der Waals surface area contributed by atoms with Crippen LogP contribution in [0.25, 0.3) is 0 Å². The summed E-state index contributed by atoms with van der Waals surface area (Å²) in [6.45, 7) is 0.448. The number of nitrogens with zero attached hydrogens (tertiary/aromatic N) is 1. The van der Waals surface area contributed by atoms with Crippen LogP contribution >= 0.6 is 35.0 Å². The molecule has 3 rings (SSSR count). The van der Waals surface area contributed by atoms with E-state index >= 15 is 0 Å². The number of sulfonamides is 1. The highest BCUT2D eigenvalue weighted by Gasteiger charge is 2.37. The Kier molecular flexibility index (Phi) is 5.32. The molecule has 0 aliphatic carbocycles. The van der Waals surface area contributed by atoms with E-state index in [-0.39, 0.29) is 15.3 Å². The number of methoxy groups -OCH3 is 1. The van der Waals surface area contributed by atoms with Gasteiger partial charge in [0.1, 0.15) is 5.75 Å². The number of halogens is 2. The first kappa shape index (κ1) is 17.9. The highest BCUT2D eigenvalue weighted by Crippen LogP contribution is 2.42. The van der Waals surface area contributed by atoms with Gasteiger partial charge in [-0.1, -0.05) is 35.3 Å². The lowest BCUT2D eigenvalue weighted by Gasteiger charge is -2.24. The molecule has 1 aliphatic rings. The van der Waals surface area contributed by atoms with E-state index < -0.39 is 10.0 Å². The van der Waals surface area contributed by atoms with Crippen molar-refractivity contribution in [1.29, 1.82) is 0 Å². The predicted octanol–water partition coefficient (Wildman–Crippen LogP) is 4.44. The average molecular weight is 404 g/mol. The Labute approximate surface area is 155 Å². The zero-order chi connectivity index (χ0) is 17.3. The Hall–Kier alpha value is -0.920. The zero-order valence-electron chi connectivity index (χ0n) is 12.8. The molecule has 1 atom stereocenters. The first-order valence-corrected chi connectivity index (χ1v) is 10.4. The molecule has 24 heavy (non-hydrogen) atoms. The minimum atomic E-state index is -3.65. The van der Waals surface area contributed by atoms with Gasteiger partial charge in [-0.05, 0) is 35.9 Å². The standard InChI is InChI=1S/C16H15Cl2NO3S2/c1-22-12-4-2-11(3-5-12)16-19(8-9-23-16)24(20,21)13-6-7-14(17)15(18)10-13/h2-7,10,16H,8-9H2,1H3/t16-/m0/s1. The second-order valence-corrected chi connectivity index (χ2v) is 9.08. The molecule has 0 radical (unpaired) electrons. The van der Waals surface area contributed by atoms with Crippen molar-refractivity contribution in [3.05, 3.63) is 58.1 Å². The van der Waals surface area contributed by atoms with Crippen LogP contribution in [-0.4, -0.2) is 32.1 Å². The summed E-state index contributed by atoms with van der Waals surface area (Å²) < 4.78 is 32.6. The van der Waals surface area contributed by atoms with Crippen molar-refractivity contribution in [3.63, 3.8) is 0 Å². The van der Waals surface area contributed by atoms with Crippen molar-refractivity contribution < 1.29 is 13.2 Å². The molecule has 0 saturated carbocycles. The smallest absolute Gasteiger partial charge is 0.244 e. The SMILES string of the molecule is COc1ccc([C@@H]2SCCN2S(=O)(=O)c2ccc(Cl)c(Cl)c2)cc1. The summed E-state index contributed by atoms with van der Waals surface area (Å²) in [4.78, 5) is 0.151. The molecule has 0 unspecified atom stereocenters. The zero-order valence-corrected chi connectivity index (χ0v) is 15.9. The van der Waals surface area contributed by atoms with Gasteiger partial charge in [0, 0.05) is 12.3 Å². The number of rotatable bonds is 4. The highest BCUT2D eigenvalue weighted by atomic mass is 35.5.